The predicted molar refractivity (Wildman–Crippen MR) is 90.3 cm³/mol. The van der Waals surface area contributed by atoms with Crippen molar-refractivity contribution in [1.29, 1.82) is 0 Å². The van der Waals surface area contributed by atoms with Gasteiger partial charge in [-0.1, -0.05) is 12.1 Å². The summed E-state index contributed by atoms with van der Waals surface area (Å²) in [5.41, 5.74) is 1.85. The highest BCUT2D eigenvalue weighted by Gasteiger charge is 2.24. The highest BCUT2D eigenvalue weighted by atomic mass is 16.5. The van der Waals surface area contributed by atoms with Gasteiger partial charge in [0.2, 0.25) is 0 Å². The predicted octanol–water partition coefficient (Wildman–Crippen LogP) is 1.74. The number of urea groups is 1. The molecule has 0 saturated carbocycles. The lowest BCUT2D eigenvalue weighted by Crippen LogP contribution is -2.52. The molecule has 0 bridgehead atoms. The smallest absolute Gasteiger partial charge is 0.321 e. The first-order valence-electron chi connectivity index (χ1n) is 8.05. The number of hydrogen-bond acceptors (Lipinski definition) is 5. The molecule has 1 aromatic carbocycles. The minimum absolute atomic E-state index is 0.0952. The Bertz CT molecular complexity index is 724. The van der Waals surface area contributed by atoms with Crippen molar-refractivity contribution in [2.45, 2.75) is 6.92 Å². The molecule has 3 rings (SSSR count). The van der Waals surface area contributed by atoms with Crippen molar-refractivity contribution in [3.8, 4) is 5.88 Å². The molecule has 2 aromatic rings. The number of ether oxygens (including phenoxy) is 1. The van der Waals surface area contributed by atoms with E-state index in [1.165, 1.54) is 6.26 Å². The van der Waals surface area contributed by atoms with E-state index < -0.39 is 0 Å². The van der Waals surface area contributed by atoms with Crippen LogP contribution in [0.2, 0.25) is 0 Å². The van der Waals surface area contributed by atoms with Gasteiger partial charge in [-0.15, -0.1) is 0 Å². The standard InChI is InChI=1S/C17H20N4O4/c1-13-3-2-4-14(11-13)18-17(23)21-8-6-20(7-9-21)16(22)12-24-15-5-10-25-19-15/h2-5,10-11H,6-9,12H2,1H3,(H,18,23). The summed E-state index contributed by atoms with van der Waals surface area (Å²) in [6.45, 7) is 3.79. The van der Waals surface area contributed by atoms with E-state index in [0.717, 1.165) is 11.3 Å². The van der Waals surface area contributed by atoms with Crippen LogP contribution in [0.5, 0.6) is 5.88 Å². The van der Waals surface area contributed by atoms with E-state index in [4.69, 9.17) is 4.74 Å². The van der Waals surface area contributed by atoms with Crippen molar-refractivity contribution >= 4 is 17.6 Å². The maximum atomic E-state index is 12.3. The topological polar surface area (TPSA) is 87.9 Å². The molecule has 1 fully saturated rings. The first kappa shape index (κ1) is 16.8. The monoisotopic (exact) mass is 344 g/mol. The van der Waals surface area contributed by atoms with Gasteiger partial charge in [-0.2, -0.15) is 0 Å². The molecule has 1 N–H and O–H groups in total. The molecule has 25 heavy (non-hydrogen) atoms. The third kappa shape index (κ3) is 4.50. The molecule has 0 unspecified atom stereocenters. The zero-order chi connectivity index (χ0) is 17.6. The highest BCUT2D eigenvalue weighted by molar-refractivity contribution is 5.89. The Balaban J connectivity index is 1.44. The molecular weight excluding hydrogens is 324 g/mol. The lowest BCUT2D eigenvalue weighted by atomic mass is 10.2. The van der Waals surface area contributed by atoms with E-state index in [-0.39, 0.29) is 24.4 Å². The number of benzene rings is 1. The van der Waals surface area contributed by atoms with Gasteiger partial charge >= 0.3 is 6.03 Å². The summed E-state index contributed by atoms with van der Waals surface area (Å²) >= 11 is 0. The minimum Gasteiger partial charge on any atom is -0.465 e. The van der Waals surface area contributed by atoms with Crippen LogP contribution in [0.3, 0.4) is 0 Å². The number of aryl methyl sites for hydroxylation is 1. The highest BCUT2D eigenvalue weighted by Crippen LogP contribution is 2.12. The summed E-state index contributed by atoms with van der Waals surface area (Å²) in [5, 5.41) is 6.47. The zero-order valence-electron chi connectivity index (χ0n) is 14.0. The maximum absolute atomic E-state index is 12.3. The molecule has 1 aliphatic heterocycles. The van der Waals surface area contributed by atoms with Gasteiger partial charge in [0.25, 0.3) is 11.8 Å². The number of aromatic nitrogens is 1. The Hall–Kier alpha value is -3.03. The van der Waals surface area contributed by atoms with E-state index in [9.17, 15) is 9.59 Å². The van der Waals surface area contributed by atoms with Gasteiger partial charge in [0, 0.05) is 37.9 Å². The Morgan fingerprint density at radius 2 is 1.96 bits per heavy atom. The first-order chi connectivity index (χ1) is 12.1. The van der Waals surface area contributed by atoms with Gasteiger partial charge < -0.3 is 24.4 Å². The lowest BCUT2D eigenvalue weighted by Gasteiger charge is -2.34. The van der Waals surface area contributed by atoms with Crippen LogP contribution in [0.15, 0.2) is 41.1 Å². The summed E-state index contributed by atoms with van der Waals surface area (Å²) in [5.74, 6) is 0.145. The molecule has 0 radical (unpaired) electrons. The molecule has 1 aromatic heterocycles. The molecule has 2 heterocycles. The maximum Gasteiger partial charge on any atom is 0.321 e. The van der Waals surface area contributed by atoms with Crippen LogP contribution in [0.4, 0.5) is 10.5 Å². The SMILES string of the molecule is Cc1cccc(NC(=O)N2CCN(C(=O)COc3ccon3)CC2)c1. The molecule has 3 amide bonds. The molecule has 0 spiro atoms. The Labute approximate surface area is 145 Å². The number of anilines is 1. The molecule has 8 heteroatoms. The first-order valence-corrected chi connectivity index (χ1v) is 8.05. The van der Waals surface area contributed by atoms with Crippen molar-refractivity contribution < 1.29 is 18.8 Å². The number of rotatable bonds is 4. The van der Waals surface area contributed by atoms with E-state index in [1.54, 1.807) is 15.9 Å². The second-order valence-corrected chi connectivity index (χ2v) is 5.79. The number of nitrogens with one attached hydrogen (secondary N) is 1. The van der Waals surface area contributed by atoms with Crippen LogP contribution < -0.4 is 10.1 Å². The van der Waals surface area contributed by atoms with E-state index in [0.29, 0.717) is 26.2 Å². The van der Waals surface area contributed by atoms with E-state index in [2.05, 4.69) is 15.0 Å². The molecular formula is C17H20N4O4. The Morgan fingerprint density at radius 1 is 1.20 bits per heavy atom. The molecule has 0 aliphatic carbocycles. The van der Waals surface area contributed by atoms with Crippen LogP contribution >= 0.6 is 0 Å². The van der Waals surface area contributed by atoms with Gasteiger partial charge in [0.15, 0.2) is 6.61 Å². The summed E-state index contributed by atoms with van der Waals surface area (Å²) in [7, 11) is 0. The van der Waals surface area contributed by atoms with Crippen molar-refractivity contribution in [2.24, 2.45) is 0 Å². The summed E-state index contributed by atoms with van der Waals surface area (Å²) in [6, 6.07) is 9.03. The van der Waals surface area contributed by atoms with Gasteiger partial charge in [-0.3, -0.25) is 4.79 Å². The zero-order valence-corrected chi connectivity index (χ0v) is 14.0. The average Bonchev–Trinajstić information content (AvgIpc) is 3.13. The van der Waals surface area contributed by atoms with Crippen LogP contribution in [-0.4, -0.2) is 59.7 Å². The number of nitrogens with zero attached hydrogens (tertiary/aromatic N) is 3. The summed E-state index contributed by atoms with van der Waals surface area (Å²) in [6.07, 6.45) is 1.38. The summed E-state index contributed by atoms with van der Waals surface area (Å²) in [4.78, 5) is 27.8. The van der Waals surface area contributed by atoms with Gasteiger partial charge in [-0.05, 0) is 29.8 Å². The third-order valence-corrected chi connectivity index (χ3v) is 3.95. The van der Waals surface area contributed by atoms with Gasteiger partial charge in [-0.25, -0.2) is 4.79 Å². The lowest BCUT2D eigenvalue weighted by molar-refractivity contribution is -0.134. The van der Waals surface area contributed by atoms with E-state index >= 15 is 0 Å². The fraction of sp³-hybridized carbons (Fsp3) is 0.353. The fourth-order valence-corrected chi connectivity index (χ4v) is 2.59. The fourth-order valence-electron chi connectivity index (χ4n) is 2.59. The van der Waals surface area contributed by atoms with Crippen LogP contribution in [0, 0.1) is 6.92 Å². The number of carbonyl (C=O) groups is 2. The largest absolute Gasteiger partial charge is 0.465 e. The molecule has 1 saturated heterocycles. The summed E-state index contributed by atoms with van der Waals surface area (Å²) < 4.78 is 9.87. The number of carbonyl (C=O) groups excluding carboxylic acids is 2. The molecule has 8 nitrogen and oxygen atoms in total. The van der Waals surface area contributed by atoms with Crippen molar-refractivity contribution in [3.63, 3.8) is 0 Å². The Morgan fingerprint density at radius 3 is 2.64 bits per heavy atom. The molecule has 132 valence electrons. The van der Waals surface area contributed by atoms with Crippen molar-refractivity contribution in [2.75, 3.05) is 38.1 Å². The Kier molecular flexibility index (Phi) is 5.17. The average molecular weight is 344 g/mol. The van der Waals surface area contributed by atoms with Gasteiger partial charge in [0.1, 0.15) is 6.26 Å². The minimum atomic E-state index is -0.156. The number of hydrogen-bond donors (Lipinski definition) is 1. The van der Waals surface area contributed by atoms with Crippen molar-refractivity contribution in [3.05, 3.63) is 42.2 Å². The molecule has 1 aliphatic rings. The van der Waals surface area contributed by atoms with Crippen LogP contribution in [0.25, 0.3) is 0 Å². The number of amides is 3. The second-order valence-electron chi connectivity index (χ2n) is 5.79. The van der Waals surface area contributed by atoms with Gasteiger partial charge in [0.05, 0.1) is 0 Å². The molecule has 0 atom stereocenters. The van der Waals surface area contributed by atoms with E-state index in [1.807, 2.05) is 31.2 Å². The normalized spacial score (nSPS) is 14.3. The quantitative estimate of drug-likeness (QED) is 0.913. The number of piperazine rings is 1. The van der Waals surface area contributed by atoms with Crippen LogP contribution in [0.1, 0.15) is 5.56 Å². The second kappa shape index (κ2) is 7.69. The van der Waals surface area contributed by atoms with Crippen LogP contribution in [-0.2, 0) is 4.79 Å². The van der Waals surface area contributed by atoms with Crippen molar-refractivity contribution in [1.82, 2.24) is 15.0 Å². The third-order valence-electron chi connectivity index (χ3n) is 3.95.